The largest absolute Gasteiger partial charge is 0.437 e. The maximum Gasteiger partial charge on any atom is 0.411 e. The number of carbonyl (C=O) groups is 1. The van der Waals surface area contributed by atoms with Crippen LogP contribution in [-0.2, 0) is 10.3 Å². The van der Waals surface area contributed by atoms with Crippen LogP contribution in [0.3, 0.4) is 0 Å². The summed E-state index contributed by atoms with van der Waals surface area (Å²) in [6, 6.07) is 18.5. The van der Waals surface area contributed by atoms with E-state index in [-0.39, 0.29) is 12.1 Å². The first kappa shape index (κ1) is 19.3. The van der Waals surface area contributed by atoms with E-state index in [1.54, 1.807) is 0 Å². The maximum atomic E-state index is 13.2. The fourth-order valence-corrected chi connectivity index (χ4v) is 4.62. The highest BCUT2D eigenvalue weighted by atomic mass is 79.9. The summed E-state index contributed by atoms with van der Waals surface area (Å²) in [4.78, 5) is 15.2. The molecule has 0 spiro atoms. The molecule has 1 aliphatic carbocycles. The topological polar surface area (TPSA) is 29.5 Å². The van der Waals surface area contributed by atoms with Crippen LogP contribution in [0.1, 0.15) is 49.8 Å². The molecular formula is C24H26BrNO2. The standard InChI is InChI=1S/C24H26BrNO2/c1-17(2)16-24(20-6-4-3-5-7-20)14-15-26(23(27)28-24)22(18-8-9-18)19-10-12-21(25)13-11-19/h3-7,10-13,18,22H,1,8-9,14-16H2,2H3/t22?,24-/m1/s1. The lowest BCUT2D eigenvalue weighted by Crippen LogP contribution is -2.49. The van der Waals surface area contributed by atoms with Gasteiger partial charge in [0.15, 0.2) is 0 Å². The molecule has 2 aromatic carbocycles. The van der Waals surface area contributed by atoms with E-state index in [9.17, 15) is 4.79 Å². The van der Waals surface area contributed by atoms with Crippen molar-refractivity contribution in [1.82, 2.24) is 4.90 Å². The molecule has 28 heavy (non-hydrogen) atoms. The molecular weight excluding hydrogens is 414 g/mol. The highest BCUT2D eigenvalue weighted by Gasteiger charge is 2.47. The summed E-state index contributed by atoms with van der Waals surface area (Å²) in [5.41, 5.74) is 2.65. The molecule has 4 heteroatoms. The number of hydrogen-bond donors (Lipinski definition) is 0. The first-order chi connectivity index (χ1) is 13.5. The summed E-state index contributed by atoms with van der Waals surface area (Å²) >= 11 is 3.51. The third-order valence-corrected chi connectivity index (χ3v) is 6.31. The SMILES string of the molecule is C=C(C)C[C@@]1(c2ccccc2)CCN(C(c2ccc(Br)cc2)C2CC2)C(=O)O1. The third-order valence-electron chi connectivity index (χ3n) is 5.78. The Bertz CT molecular complexity index is 860. The van der Waals surface area contributed by atoms with Gasteiger partial charge in [-0.3, -0.25) is 0 Å². The van der Waals surface area contributed by atoms with Gasteiger partial charge in [0, 0.05) is 23.9 Å². The highest BCUT2D eigenvalue weighted by Crippen LogP contribution is 2.48. The first-order valence-electron chi connectivity index (χ1n) is 9.93. The van der Waals surface area contributed by atoms with E-state index in [1.165, 1.54) is 18.4 Å². The van der Waals surface area contributed by atoms with Gasteiger partial charge in [0.05, 0.1) is 6.04 Å². The van der Waals surface area contributed by atoms with E-state index in [2.05, 4.69) is 58.9 Å². The summed E-state index contributed by atoms with van der Waals surface area (Å²) in [5.74, 6) is 0.527. The van der Waals surface area contributed by atoms with Gasteiger partial charge >= 0.3 is 6.09 Å². The molecule has 3 nitrogen and oxygen atoms in total. The fraction of sp³-hybridized carbons (Fsp3) is 0.375. The Labute approximate surface area is 175 Å². The van der Waals surface area contributed by atoms with Crippen LogP contribution < -0.4 is 0 Å². The van der Waals surface area contributed by atoms with Gasteiger partial charge in [-0.1, -0.05) is 70.5 Å². The van der Waals surface area contributed by atoms with Gasteiger partial charge in [0.1, 0.15) is 5.60 Å². The normalized spacial score (nSPS) is 23.2. The van der Waals surface area contributed by atoms with Crippen molar-refractivity contribution in [2.75, 3.05) is 6.54 Å². The van der Waals surface area contributed by atoms with Crippen LogP contribution in [0.25, 0.3) is 0 Å². The predicted molar refractivity (Wildman–Crippen MR) is 115 cm³/mol. The van der Waals surface area contributed by atoms with Crippen LogP contribution in [0.5, 0.6) is 0 Å². The minimum Gasteiger partial charge on any atom is -0.437 e. The van der Waals surface area contributed by atoms with Crippen molar-refractivity contribution < 1.29 is 9.53 Å². The molecule has 1 aliphatic heterocycles. The Kier molecular flexibility index (Phi) is 5.33. The summed E-state index contributed by atoms with van der Waals surface area (Å²) in [6.45, 7) is 6.78. The minimum absolute atomic E-state index is 0.0965. The van der Waals surface area contributed by atoms with E-state index in [1.807, 2.05) is 30.0 Å². The molecule has 4 rings (SSSR count). The second kappa shape index (κ2) is 7.75. The Morgan fingerprint density at radius 2 is 1.89 bits per heavy atom. The summed E-state index contributed by atoms with van der Waals surface area (Å²) in [7, 11) is 0. The van der Waals surface area contributed by atoms with Gasteiger partial charge in [0.25, 0.3) is 0 Å². The lowest BCUT2D eigenvalue weighted by atomic mass is 9.83. The van der Waals surface area contributed by atoms with Crippen molar-refractivity contribution in [3.63, 3.8) is 0 Å². The zero-order chi connectivity index (χ0) is 19.7. The van der Waals surface area contributed by atoms with E-state index in [0.717, 1.165) is 22.0 Å². The number of rotatable bonds is 6. The molecule has 1 unspecified atom stereocenters. The molecule has 2 aliphatic rings. The zero-order valence-corrected chi connectivity index (χ0v) is 17.8. The van der Waals surface area contributed by atoms with Gasteiger partial charge in [-0.25, -0.2) is 4.79 Å². The quantitative estimate of drug-likeness (QED) is 0.474. The molecule has 1 saturated carbocycles. The molecule has 2 aromatic rings. The van der Waals surface area contributed by atoms with E-state index >= 15 is 0 Å². The molecule has 1 saturated heterocycles. The first-order valence-corrected chi connectivity index (χ1v) is 10.7. The van der Waals surface area contributed by atoms with Crippen LogP contribution in [0.2, 0.25) is 0 Å². The Hall–Kier alpha value is -2.07. The van der Waals surface area contributed by atoms with Gasteiger partial charge in [-0.15, -0.1) is 0 Å². The lowest BCUT2D eigenvalue weighted by Gasteiger charge is -2.44. The summed E-state index contributed by atoms with van der Waals surface area (Å²) in [6.07, 6.45) is 3.55. The van der Waals surface area contributed by atoms with Crippen LogP contribution in [-0.4, -0.2) is 17.5 Å². The molecule has 1 amide bonds. The number of nitrogens with zero attached hydrogens (tertiary/aromatic N) is 1. The van der Waals surface area contributed by atoms with E-state index in [0.29, 0.717) is 18.9 Å². The second-order valence-corrected chi connectivity index (χ2v) is 9.06. The molecule has 0 radical (unpaired) electrons. The van der Waals surface area contributed by atoms with Crippen molar-refractivity contribution in [3.8, 4) is 0 Å². The summed E-state index contributed by atoms with van der Waals surface area (Å²) < 4.78 is 7.26. The number of amides is 1. The number of cyclic esters (lactones) is 1. The van der Waals surface area contributed by atoms with E-state index < -0.39 is 5.60 Å². The Morgan fingerprint density at radius 3 is 2.46 bits per heavy atom. The monoisotopic (exact) mass is 439 g/mol. The van der Waals surface area contributed by atoms with Crippen LogP contribution >= 0.6 is 15.9 Å². The van der Waals surface area contributed by atoms with Crippen LogP contribution in [0, 0.1) is 5.92 Å². The molecule has 0 bridgehead atoms. The van der Waals surface area contributed by atoms with E-state index in [4.69, 9.17) is 4.74 Å². The van der Waals surface area contributed by atoms with Gasteiger partial charge in [-0.05, 0) is 48.9 Å². The molecule has 2 fully saturated rings. The fourth-order valence-electron chi connectivity index (χ4n) is 4.36. The zero-order valence-electron chi connectivity index (χ0n) is 16.2. The lowest BCUT2D eigenvalue weighted by molar-refractivity contribution is -0.0637. The number of carbonyl (C=O) groups excluding carboxylic acids is 1. The maximum absolute atomic E-state index is 13.2. The summed E-state index contributed by atoms with van der Waals surface area (Å²) in [5, 5.41) is 0. The van der Waals surface area contributed by atoms with Crippen LogP contribution in [0.15, 0.2) is 71.2 Å². The van der Waals surface area contributed by atoms with Gasteiger partial charge < -0.3 is 9.64 Å². The van der Waals surface area contributed by atoms with Crippen molar-refractivity contribution >= 4 is 22.0 Å². The number of hydrogen-bond acceptors (Lipinski definition) is 2. The smallest absolute Gasteiger partial charge is 0.411 e. The molecule has 146 valence electrons. The molecule has 0 N–H and O–H groups in total. The number of benzene rings is 2. The third kappa shape index (κ3) is 3.88. The average Bonchev–Trinajstić information content (AvgIpc) is 3.50. The van der Waals surface area contributed by atoms with Gasteiger partial charge in [-0.2, -0.15) is 0 Å². The Morgan fingerprint density at radius 1 is 1.21 bits per heavy atom. The molecule has 0 aromatic heterocycles. The van der Waals surface area contributed by atoms with Gasteiger partial charge in [0.2, 0.25) is 0 Å². The highest BCUT2D eigenvalue weighted by molar-refractivity contribution is 9.10. The van der Waals surface area contributed by atoms with Crippen molar-refractivity contribution in [3.05, 3.63) is 82.3 Å². The molecule has 2 atom stereocenters. The number of halogens is 1. The molecule has 1 heterocycles. The second-order valence-electron chi connectivity index (χ2n) is 8.14. The number of ether oxygens (including phenoxy) is 1. The van der Waals surface area contributed by atoms with Crippen LogP contribution in [0.4, 0.5) is 4.79 Å². The predicted octanol–water partition coefficient (Wildman–Crippen LogP) is 6.60. The minimum atomic E-state index is -0.617. The van der Waals surface area contributed by atoms with Crippen molar-refractivity contribution in [2.24, 2.45) is 5.92 Å². The van der Waals surface area contributed by atoms with Crippen molar-refractivity contribution in [2.45, 2.75) is 44.2 Å². The van der Waals surface area contributed by atoms with Crippen molar-refractivity contribution in [1.29, 1.82) is 0 Å². The average molecular weight is 440 g/mol. The Balaban J connectivity index is 1.62.